The minimum absolute atomic E-state index is 0.0571. The van der Waals surface area contributed by atoms with Crippen LogP contribution in [-0.4, -0.2) is 30.4 Å². The molecule has 0 atom stereocenters. The number of pyridine rings is 1. The topological polar surface area (TPSA) is 51.6 Å². The first-order valence-corrected chi connectivity index (χ1v) is 4.02. The van der Waals surface area contributed by atoms with Crippen molar-refractivity contribution in [1.29, 1.82) is 0 Å². The van der Waals surface area contributed by atoms with E-state index in [0.29, 0.717) is 13.2 Å². The Hall–Kier alpha value is -1.29. The Bertz CT molecular complexity index is 276. The second-order valence-corrected chi connectivity index (χ2v) is 2.62. The predicted octanol–water partition coefficient (Wildman–Crippen LogP) is 1.12. The molecule has 0 bridgehead atoms. The van der Waals surface area contributed by atoms with E-state index in [1.54, 1.807) is 19.2 Å². The van der Waals surface area contributed by atoms with E-state index in [-0.39, 0.29) is 11.6 Å². The largest absolute Gasteiger partial charge is 0.503 e. The average molecular weight is 183 g/mol. The van der Waals surface area contributed by atoms with Gasteiger partial charge in [-0.05, 0) is 19.1 Å². The number of hydrogen-bond donors (Lipinski definition) is 1. The fourth-order valence-electron chi connectivity index (χ4n) is 0.853. The molecule has 4 nitrogen and oxygen atoms in total. The molecule has 0 aromatic carbocycles. The molecule has 1 N–H and O–H groups in total. The van der Waals surface area contributed by atoms with E-state index in [0.717, 1.165) is 5.69 Å². The zero-order valence-electron chi connectivity index (χ0n) is 7.78. The van der Waals surface area contributed by atoms with Gasteiger partial charge in [0, 0.05) is 12.8 Å². The fraction of sp³-hybridized carbons (Fsp3) is 0.444. The van der Waals surface area contributed by atoms with Gasteiger partial charge in [-0.15, -0.1) is 0 Å². The molecule has 1 rings (SSSR count). The third-order valence-corrected chi connectivity index (χ3v) is 1.51. The molecule has 0 fully saturated rings. The molecule has 0 unspecified atom stereocenters. The Morgan fingerprint density at radius 2 is 2.15 bits per heavy atom. The van der Waals surface area contributed by atoms with Crippen molar-refractivity contribution in [2.45, 2.75) is 6.92 Å². The van der Waals surface area contributed by atoms with Gasteiger partial charge in [0.2, 0.25) is 0 Å². The summed E-state index contributed by atoms with van der Waals surface area (Å²) in [5, 5.41) is 9.31. The molecule has 1 aromatic heterocycles. The Labute approximate surface area is 77.1 Å². The van der Waals surface area contributed by atoms with Crippen molar-refractivity contribution in [3.05, 3.63) is 17.8 Å². The molecule has 0 aliphatic rings. The van der Waals surface area contributed by atoms with Gasteiger partial charge in [0.15, 0.2) is 5.75 Å². The highest BCUT2D eigenvalue weighted by Gasteiger charge is 2.03. The summed E-state index contributed by atoms with van der Waals surface area (Å²) in [5.41, 5.74) is 0.810. The van der Waals surface area contributed by atoms with Crippen LogP contribution >= 0.6 is 0 Å². The highest BCUT2D eigenvalue weighted by Crippen LogP contribution is 2.22. The van der Waals surface area contributed by atoms with Crippen molar-refractivity contribution in [2.24, 2.45) is 0 Å². The standard InChI is InChI=1S/C9H13NO3/c1-7-3-4-8(11)9(10-7)13-6-5-12-2/h3-4,11H,5-6H2,1-2H3. The zero-order chi connectivity index (χ0) is 9.68. The second-order valence-electron chi connectivity index (χ2n) is 2.62. The highest BCUT2D eigenvalue weighted by atomic mass is 16.5. The van der Waals surface area contributed by atoms with Gasteiger partial charge in [-0.25, -0.2) is 4.98 Å². The first kappa shape index (κ1) is 9.80. The molecule has 0 amide bonds. The number of methoxy groups -OCH3 is 1. The van der Waals surface area contributed by atoms with Crippen LogP contribution in [0.4, 0.5) is 0 Å². The molecule has 1 heterocycles. The molecule has 13 heavy (non-hydrogen) atoms. The van der Waals surface area contributed by atoms with E-state index in [1.807, 2.05) is 6.92 Å². The molecule has 0 saturated heterocycles. The first-order chi connectivity index (χ1) is 6.24. The van der Waals surface area contributed by atoms with E-state index in [2.05, 4.69) is 4.98 Å². The number of nitrogens with zero attached hydrogens (tertiary/aromatic N) is 1. The van der Waals surface area contributed by atoms with Crippen LogP contribution in [0.2, 0.25) is 0 Å². The summed E-state index contributed by atoms with van der Waals surface area (Å²) in [6.07, 6.45) is 0. The van der Waals surface area contributed by atoms with Gasteiger partial charge < -0.3 is 14.6 Å². The zero-order valence-corrected chi connectivity index (χ0v) is 7.78. The van der Waals surface area contributed by atoms with Crippen molar-refractivity contribution < 1.29 is 14.6 Å². The smallest absolute Gasteiger partial charge is 0.257 e. The van der Waals surface area contributed by atoms with Crippen LogP contribution in [0, 0.1) is 6.92 Å². The number of ether oxygens (including phenoxy) is 2. The van der Waals surface area contributed by atoms with Gasteiger partial charge in [-0.3, -0.25) is 0 Å². The van der Waals surface area contributed by atoms with Gasteiger partial charge in [-0.1, -0.05) is 0 Å². The van der Waals surface area contributed by atoms with Crippen molar-refractivity contribution >= 4 is 0 Å². The van der Waals surface area contributed by atoms with Gasteiger partial charge >= 0.3 is 0 Å². The van der Waals surface area contributed by atoms with Crippen LogP contribution in [0.15, 0.2) is 12.1 Å². The Kier molecular flexibility index (Phi) is 3.52. The van der Waals surface area contributed by atoms with Crippen LogP contribution in [-0.2, 0) is 4.74 Å². The molecule has 72 valence electrons. The van der Waals surface area contributed by atoms with Crippen molar-refractivity contribution in [1.82, 2.24) is 4.98 Å². The monoisotopic (exact) mass is 183 g/mol. The van der Waals surface area contributed by atoms with E-state index in [1.165, 1.54) is 0 Å². The lowest BCUT2D eigenvalue weighted by atomic mass is 10.3. The molecule has 0 spiro atoms. The summed E-state index contributed by atoms with van der Waals surface area (Å²) in [6, 6.07) is 3.28. The lowest BCUT2D eigenvalue weighted by Crippen LogP contribution is -2.05. The van der Waals surface area contributed by atoms with E-state index >= 15 is 0 Å². The number of rotatable bonds is 4. The number of hydrogen-bond acceptors (Lipinski definition) is 4. The van der Waals surface area contributed by atoms with Gasteiger partial charge in [0.25, 0.3) is 5.88 Å². The lowest BCUT2D eigenvalue weighted by molar-refractivity contribution is 0.141. The second kappa shape index (κ2) is 4.67. The molecule has 0 aliphatic carbocycles. The predicted molar refractivity (Wildman–Crippen MR) is 48.0 cm³/mol. The molecule has 1 aromatic rings. The molecule has 0 radical (unpaired) electrons. The minimum Gasteiger partial charge on any atom is -0.503 e. The highest BCUT2D eigenvalue weighted by molar-refractivity contribution is 5.32. The van der Waals surface area contributed by atoms with E-state index in [4.69, 9.17) is 9.47 Å². The van der Waals surface area contributed by atoms with Crippen molar-refractivity contribution in [3.8, 4) is 11.6 Å². The summed E-state index contributed by atoms with van der Waals surface area (Å²) in [4.78, 5) is 4.02. The van der Waals surface area contributed by atoms with Gasteiger partial charge in [0.05, 0.1) is 6.61 Å². The van der Waals surface area contributed by atoms with Crippen LogP contribution < -0.4 is 4.74 Å². The Balaban J connectivity index is 2.59. The van der Waals surface area contributed by atoms with Crippen LogP contribution in [0.25, 0.3) is 0 Å². The fourth-order valence-corrected chi connectivity index (χ4v) is 0.853. The van der Waals surface area contributed by atoms with Crippen LogP contribution in [0.3, 0.4) is 0 Å². The number of aryl methyl sites for hydroxylation is 1. The molecular weight excluding hydrogens is 170 g/mol. The summed E-state index contributed by atoms with van der Waals surface area (Å²) >= 11 is 0. The summed E-state index contributed by atoms with van der Waals surface area (Å²) in [7, 11) is 1.59. The maximum absolute atomic E-state index is 9.31. The quantitative estimate of drug-likeness (QED) is 0.711. The van der Waals surface area contributed by atoms with Crippen LogP contribution in [0.5, 0.6) is 11.6 Å². The molecule has 4 heteroatoms. The van der Waals surface area contributed by atoms with Gasteiger partial charge in [-0.2, -0.15) is 0 Å². The minimum atomic E-state index is 0.0571. The SMILES string of the molecule is COCCOc1nc(C)ccc1O. The Morgan fingerprint density at radius 1 is 1.38 bits per heavy atom. The maximum atomic E-state index is 9.31. The number of aromatic hydroxyl groups is 1. The first-order valence-electron chi connectivity index (χ1n) is 4.02. The van der Waals surface area contributed by atoms with E-state index < -0.39 is 0 Å². The van der Waals surface area contributed by atoms with Crippen molar-refractivity contribution in [3.63, 3.8) is 0 Å². The third kappa shape index (κ3) is 2.91. The molecule has 0 aliphatic heterocycles. The Morgan fingerprint density at radius 3 is 2.85 bits per heavy atom. The molecule has 0 saturated carbocycles. The molecular formula is C9H13NO3. The van der Waals surface area contributed by atoms with E-state index in [9.17, 15) is 5.11 Å². The van der Waals surface area contributed by atoms with Crippen LogP contribution in [0.1, 0.15) is 5.69 Å². The maximum Gasteiger partial charge on any atom is 0.257 e. The lowest BCUT2D eigenvalue weighted by Gasteiger charge is -2.06. The summed E-state index contributed by atoms with van der Waals surface area (Å²) in [6.45, 7) is 2.71. The number of aromatic nitrogens is 1. The van der Waals surface area contributed by atoms with Gasteiger partial charge in [0.1, 0.15) is 6.61 Å². The third-order valence-electron chi connectivity index (χ3n) is 1.51. The summed E-state index contributed by atoms with van der Waals surface area (Å²) < 4.78 is 9.97. The average Bonchev–Trinajstić information content (AvgIpc) is 2.11. The summed E-state index contributed by atoms with van der Waals surface area (Å²) in [5.74, 6) is 0.318. The normalized spacial score (nSPS) is 10.0. The van der Waals surface area contributed by atoms with Crippen molar-refractivity contribution in [2.75, 3.05) is 20.3 Å².